The van der Waals surface area contributed by atoms with Gasteiger partial charge in [0.2, 0.25) is 0 Å². The number of halogens is 1. The molecule has 0 aromatic heterocycles. The van der Waals surface area contributed by atoms with E-state index in [0.29, 0.717) is 16.7 Å². The Bertz CT molecular complexity index is 598. The Morgan fingerprint density at radius 2 is 0.766 bits per heavy atom. The van der Waals surface area contributed by atoms with Gasteiger partial charge in [0.15, 0.2) is 0 Å². The lowest BCUT2D eigenvalue weighted by molar-refractivity contribution is 0.0675. The third-order valence-corrected chi connectivity index (χ3v) is 10.6. The van der Waals surface area contributed by atoms with E-state index in [2.05, 4.69) is 41.5 Å². The molecule has 1 atom stereocenters. The van der Waals surface area contributed by atoms with Crippen LogP contribution in [0.3, 0.4) is 0 Å². The van der Waals surface area contributed by atoms with Gasteiger partial charge in [-0.1, -0.05) is 189 Å². The molecular weight excluding hydrogens is 579 g/mol. The zero-order chi connectivity index (χ0) is 34.7. The highest BCUT2D eigenvalue weighted by molar-refractivity contribution is 4.81. The number of rotatable bonds is 38. The number of alkyl halides is 1. The Hall–Kier alpha value is -0.150. The summed E-state index contributed by atoms with van der Waals surface area (Å²) >= 11 is 0. The first-order valence-electron chi connectivity index (χ1n) is 21.4. The highest BCUT2D eigenvalue weighted by atomic mass is 19.1. The van der Waals surface area contributed by atoms with Crippen LogP contribution < -0.4 is 0 Å². The summed E-state index contributed by atoms with van der Waals surface area (Å²) in [6.07, 6.45) is 39.6. The summed E-state index contributed by atoms with van der Waals surface area (Å²) in [5.41, 5.74) is 0.674. The van der Waals surface area contributed by atoms with Gasteiger partial charge in [0.25, 0.3) is 0 Å². The Kier molecular flexibility index (Phi) is 34.2. The van der Waals surface area contributed by atoms with Crippen LogP contribution in [0, 0.1) is 16.7 Å². The van der Waals surface area contributed by atoms with Crippen molar-refractivity contribution in [3.05, 3.63) is 0 Å². The fourth-order valence-electron chi connectivity index (χ4n) is 7.16. The highest BCUT2D eigenvalue weighted by Gasteiger charge is 2.30. The maximum absolute atomic E-state index is 12.1. The molecule has 0 aliphatic rings. The molecule has 284 valence electrons. The monoisotopic (exact) mass is 669 g/mol. The van der Waals surface area contributed by atoms with Crippen molar-refractivity contribution in [2.24, 2.45) is 16.7 Å². The van der Waals surface area contributed by atoms with E-state index in [4.69, 9.17) is 9.47 Å². The number of hydrogen-bond donors (Lipinski definition) is 0. The number of unbranched alkanes of at least 4 members (excludes halogenated alkanes) is 24. The summed E-state index contributed by atoms with van der Waals surface area (Å²) in [6, 6.07) is 0. The van der Waals surface area contributed by atoms with E-state index in [9.17, 15) is 4.39 Å². The predicted octanol–water partition coefficient (Wildman–Crippen LogP) is 15.4. The van der Waals surface area contributed by atoms with Crippen molar-refractivity contribution in [2.45, 2.75) is 234 Å². The Labute approximate surface area is 297 Å². The largest absolute Gasteiger partial charge is 0.381 e. The van der Waals surface area contributed by atoms with Crippen LogP contribution in [0.15, 0.2) is 0 Å². The first-order valence-corrected chi connectivity index (χ1v) is 21.4. The van der Waals surface area contributed by atoms with Crippen LogP contribution >= 0.6 is 0 Å². The van der Waals surface area contributed by atoms with Gasteiger partial charge in [0.05, 0.1) is 6.67 Å². The van der Waals surface area contributed by atoms with Crippen LogP contribution in [-0.4, -0.2) is 33.1 Å². The maximum Gasteiger partial charge on any atom is 0.0894 e. The van der Waals surface area contributed by atoms with Gasteiger partial charge in [0.1, 0.15) is 0 Å². The minimum absolute atomic E-state index is 0.140. The van der Waals surface area contributed by atoms with Crippen LogP contribution in [0.2, 0.25) is 0 Å². The van der Waals surface area contributed by atoms with Gasteiger partial charge in [-0.25, -0.2) is 0 Å². The molecular formula is C44H89FO2. The molecule has 0 saturated heterocycles. The quantitative estimate of drug-likeness (QED) is 0.0610. The van der Waals surface area contributed by atoms with Gasteiger partial charge >= 0.3 is 0 Å². The fourth-order valence-corrected chi connectivity index (χ4v) is 7.16. The molecule has 0 aromatic rings. The van der Waals surface area contributed by atoms with Gasteiger partial charge in [-0.15, -0.1) is 0 Å². The van der Waals surface area contributed by atoms with Crippen LogP contribution in [0.4, 0.5) is 4.39 Å². The predicted molar refractivity (Wildman–Crippen MR) is 209 cm³/mol. The second-order valence-corrected chi connectivity index (χ2v) is 17.1. The normalized spacial score (nSPS) is 13.1. The Morgan fingerprint density at radius 3 is 1.15 bits per heavy atom. The average molecular weight is 669 g/mol. The summed E-state index contributed by atoms with van der Waals surface area (Å²) in [6.45, 7) is 18.1. The summed E-state index contributed by atoms with van der Waals surface area (Å²) in [7, 11) is 0. The van der Waals surface area contributed by atoms with Crippen LogP contribution in [0.5, 0.6) is 0 Å². The first-order chi connectivity index (χ1) is 22.7. The molecule has 0 rings (SSSR count). The summed E-state index contributed by atoms with van der Waals surface area (Å²) in [5.74, 6) is 0.694. The van der Waals surface area contributed by atoms with Crippen molar-refractivity contribution in [2.75, 3.05) is 33.1 Å². The molecule has 1 unspecified atom stereocenters. The number of hydrogen-bond acceptors (Lipinski definition) is 2. The van der Waals surface area contributed by atoms with E-state index in [1.54, 1.807) is 0 Å². The van der Waals surface area contributed by atoms with Crippen molar-refractivity contribution < 1.29 is 13.9 Å². The molecule has 2 nitrogen and oxygen atoms in total. The molecule has 0 fully saturated rings. The lowest BCUT2D eigenvalue weighted by Crippen LogP contribution is -2.28. The van der Waals surface area contributed by atoms with Crippen LogP contribution in [0.25, 0.3) is 0 Å². The average Bonchev–Trinajstić information content (AvgIpc) is 3.03. The molecule has 0 heterocycles. The molecule has 3 heteroatoms. The van der Waals surface area contributed by atoms with Crippen molar-refractivity contribution in [1.82, 2.24) is 0 Å². The van der Waals surface area contributed by atoms with E-state index in [0.717, 1.165) is 39.3 Å². The van der Waals surface area contributed by atoms with Gasteiger partial charge in [-0.3, -0.25) is 4.39 Å². The van der Waals surface area contributed by atoms with E-state index in [-0.39, 0.29) is 6.67 Å². The SMILES string of the molecule is CCCCCCCCCCCCCCCOCCCC(C)(C)CC(CCOCCCCCCCCCCCCCCCF)C(C)(C)C. The second-order valence-electron chi connectivity index (χ2n) is 17.1. The van der Waals surface area contributed by atoms with E-state index >= 15 is 0 Å². The van der Waals surface area contributed by atoms with Crippen LogP contribution in [0.1, 0.15) is 234 Å². The van der Waals surface area contributed by atoms with Crippen molar-refractivity contribution >= 4 is 0 Å². The van der Waals surface area contributed by atoms with E-state index in [1.807, 2.05) is 0 Å². The van der Waals surface area contributed by atoms with Gasteiger partial charge in [-0.05, 0) is 61.7 Å². The molecule has 0 aromatic carbocycles. The maximum atomic E-state index is 12.1. The Balaban J connectivity index is 3.71. The topological polar surface area (TPSA) is 18.5 Å². The van der Waals surface area contributed by atoms with Crippen molar-refractivity contribution in [3.8, 4) is 0 Å². The lowest BCUT2D eigenvalue weighted by atomic mass is 9.69. The summed E-state index contributed by atoms with van der Waals surface area (Å²) in [5, 5.41) is 0. The molecule has 47 heavy (non-hydrogen) atoms. The molecule has 0 saturated carbocycles. The molecule has 0 aliphatic carbocycles. The van der Waals surface area contributed by atoms with Crippen molar-refractivity contribution in [1.29, 1.82) is 0 Å². The minimum Gasteiger partial charge on any atom is -0.381 e. The smallest absolute Gasteiger partial charge is 0.0894 e. The van der Waals surface area contributed by atoms with Gasteiger partial charge in [-0.2, -0.15) is 0 Å². The van der Waals surface area contributed by atoms with E-state index in [1.165, 1.54) is 180 Å². The third-order valence-electron chi connectivity index (χ3n) is 10.6. The molecule has 0 aliphatic heterocycles. The summed E-state index contributed by atoms with van der Waals surface area (Å²) < 4.78 is 24.3. The molecule has 0 spiro atoms. The number of ether oxygens (including phenoxy) is 2. The zero-order valence-electron chi connectivity index (χ0n) is 33.5. The Morgan fingerprint density at radius 1 is 0.426 bits per heavy atom. The van der Waals surface area contributed by atoms with E-state index < -0.39 is 0 Å². The molecule has 0 N–H and O–H groups in total. The first kappa shape index (κ1) is 46.9. The molecule has 0 radical (unpaired) electrons. The van der Waals surface area contributed by atoms with Gasteiger partial charge in [0, 0.05) is 26.4 Å². The van der Waals surface area contributed by atoms with Crippen molar-refractivity contribution in [3.63, 3.8) is 0 Å². The second kappa shape index (κ2) is 34.3. The fraction of sp³-hybridized carbons (Fsp3) is 1.00. The molecule has 0 bridgehead atoms. The van der Waals surface area contributed by atoms with Gasteiger partial charge < -0.3 is 9.47 Å². The third kappa shape index (κ3) is 35.5. The standard InChI is InChI=1S/C44H89FO2/c1-7-8-9-10-11-12-13-16-19-22-25-28-31-37-46-39-33-35-44(5,6)41-42(43(2,3)4)34-40-47-38-32-29-26-23-20-17-14-15-18-21-24-27-30-36-45/h42H,7-41H2,1-6H3. The highest BCUT2D eigenvalue weighted by Crippen LogP contribution is 2.40. The molecule has 0 amide bonds. The lowest BCUT2D eigenvalue weighted by Gasteiger charge is -2.37. The van der Waals surface area contributed by atoms with Crippen LogP contribution in [-0.2, 0) is 9.47 Å². The zero-order valence-corrected chi connectivity index (χ0v) is 33.5. The minimum atomic E-state index is -0.140. The summed E-state index contributed by atoms with van der Waals surface area (Å²) in [4.78, 5) is 0.